The van der Waals surface area contributed by atoms with E-state index in [4.69, 9.17) is 4.74 Å². The summed E-state index contributed by atoms with van der Waals surface area (Å²) in [6.07, 6.45) is 2.40. The first-order valence-electron chi connectivity index (χ1n) is 8.28. The molecule has 0 bridgehead atoms. The number of nitrogens with zero attached hydrogens (tertiary/aromatic N) is 2. The maximum atomic E-state index is 13.4. The van der Waals surface area contributed by atoms with Crippen LogP contribution in [0.1, 0.15) is 23.7 Å². The van der Waals surface area contributed by atoms with E-state index >= 15 is 0 Å². The Bertz CT molecular complexity index is 876. The van der Waals surface area contributed by atoms with Gasteiger partial charge in [0.25, 0.3) is 5.91 Å². The average molecular weight is 341 g/mol. The van der Waals surface area contributed by atoms with Crippen LogP contribution in [0.25, 0.3) is 16.7 Å². The Labute approximate surface area is 145 Å². The van der Waals surface area contributed by atoms with E-state index in [0.29, 0.717) is 36.5 Å². The third-order valence-corrected chi connectivity index (χ3v) is 3.85. The molecule has 130 valence electrons. The van der Waals surface area contributed by atoms with Crippen LogP contribution in [0.4, 0.5) is 4.39 Å². The van der Waals surface area contributed by atoms with Gasteiger partial charge in [-0.25, -0.2) is 9.37 Å². The molecule has 0 unspecified atom stereocenters. The molecule has 0 aliphatic carbocycles. The van der Waals surface area contributed by atoms with Crippen molar-refractivity contribution in [2.24, 2.45) is 0 Å². The molecule has 1 amide bonds. The smallest absolute Gasteiger partial charge is 0.251 e. The summed E-state index contributed by atoms with van der Waals surface area (Å²) < 4.78 is 20.5. The molecule has 5 nitrogen and oxygen atoms in total. The van der Waals surface area contributed by atoms with Gasteiger partial charge in [-0.3, -0.25) is 9.36 Å². The first kappa shape index (κ1) is 17.1. The lowest BCUT2D eigenvalue weighted by atomic mass is 10.2. The van der Waals surface area contributed by atoms with Crippen LogP contribution in [0.15, 0.2) is 48.8 Å². The second kappa shape index (κ2) is 7.90. The van der Waals surface area contributed by atoms with Crippen LogP contribution >= 0.6 is 0 Å². The third-order valence-electron chi connectivity index (χ3n) is 3.85. The zero-order chi connectivity index (χ0) is 17.6. The topological polar surface area (TPSA) is 56.1 Å². The zero-order valence-electron chi connectivity index (χ0n) is 14.0. The number of halogens is 1. The van der Waals surface area contributed by atoms with Crippen molar-refractivity contribution in [3.63, 3.8) is 0 Å². The molecular formula is C19H20FN3O2. The number of benzene rings is 2. The number of fused-ring (bicyclic) bond motifs is 1. The van der Waals surface area contributed by atoms with E-state index in [1.165, 1.54) is 12.1 Å². The lowest BCUT2D eigenvalue weighted by Gasteiger charge is -2.07. The summed E-state index contributed by atoms with van der Waals surface area (Å²) in [6.45, 7) is 3.82. The molecule has 0 saturated heterocycles. The highest BCUT2D eigenvalue weighted by Gasteiger charge is 2.10. The van der Waals surface area contributed by atoms with Crippen molar-refractivity contribution < 1.29 is 13.9 Å². The normalized spacial score (nSPS) is 11.0. The van der Waals surface area contributed by atoms with Gasteiger partial charge in [-0.05, 0) is 49.7 Å². The van der Waals surface area contributed by atoms with Crippen LogP contribution in [0.5, 0.6) is 0 Å². The van der Waals surface area contributed by atoms with Crippen LogP contribution in [0, 0.1) is 5.82 Å². The highest BCUT2D eigenvalue weighted by molar-refractivity contribution is 5.97. The molecule has 0 aliphatic rings. The van der Waals surface area contributed by atoms with Crippen LogP contribution in [0.3, 0.4) is 0 Å². The number of aromatic nitrogens is 2. The number of rotatable bonds is 7. The number of carbonyl (C=O) groups excluding carboxylic acids is 1. The fourth-order valence-corrected chi connectivity index (χ4v) is 2.61. The number of hydrogen-bond acceptors (Lipinski definition) is 3. The number of ether oxygens (including phenoxy) is 1. The van der Waals surface area contributed by atoms with Gasteiger partial charge in [-0.15, -0.1) is 0 Å². The van der Waals surface area contributed by atoms with Crippen LogP contribution in [-0.4, -0.2) is 35.2 Å². The highest BCUT2D eigenvalue weighted by atomic mass is 19.1. The first-order chi connectivity index (χ1) is 12.2. The number of nitrogens with one attached hydrogen (secondary N) is 1. The standard InChI is InChI=1S/C19H20FN3O2/c1-2-25-10-4-9-21-19(24)14-7-8-18-17(11-14)22-13-23(18)16-6-3-5-15(20)12-16/h3,5-8,11-13H,2,4,9-10H2,1H3,(H,21,24). The molecule has 2 aromatic carbocycles. The Morgan fingerprint density at radius 2 is 2.16 bits per heavy atom. The predicted octanol–water partition coefficient (Wildman–Crippen LogP) is 3.32. The first-order valence-corrected chi connectivity index (χ1v) is 8.28. The Balaban J connectivity index is 1.74. The van der Waals surface area contributed by atoms with Crippen LogP contribution < -0.4 is 5.32 Å². The highest BCUT2D eigenvalue weighted by Crippen LogP contribution is 2.20. The summed E-state index contributed by atoms with van der Waals surface area (Å²) in [7, 11) is 0. The van der Waals surface area contributed by atoms with Crippen LogP contribution in [0.2, 0.25) is 0 Å². The van der Waals surface area contributed by atoms with Gasteiger partial charge in [-0.1, -0.05) is 6.07 Å². The predicted molar refractivity (Wildman–Crippen MR) is 94.5 cm³/mol. The van der Waals surface area contributed by atoms with Gasteiger partial charge in [-0.2, -0.15) is 0 Å². The van der Waals surface area contributed by atoms with E-state index in [-0.39, 0.29) is 11.7 Å². The lowest BCUT2D eigenvalue weighted by molar-refractivity contribution is 0.0944. The third kappa shape index (κ3) is 4.03. The molecule has 3 rings (SSSR count). The van der Waals surface area contributed by atoms with E-state index in [9.17, 15) is 9.18 Å². The van der Waals surface area contributed by atoms with Crippen molar-refractivity contribution in [1.82, 2.24) is 14.9 Å². The number of amides is 1. The average Bonchev–Trinajstić information content (AvgIpc) is 3.04. The van der Waals surface area contributed by atoms with Gasteiger partial charge in [0.2, 0.25) is 0 Å². The SMILES string of the molecule is CCOCCCNC(=O)c1ccc2c(c1)ncn2-c1cccc(F)c1. The van der Waals surface area contributed by atoms with Gasteiger partial charge in [0, 0.05) is 25.3 Å². The van der Waals surface area contributed by atoms with E-state index in [1.54, 1.807) is 29.1 Å². The van der Waals surface area contributed by atoms with E-state index in [0.717, 1.165) is 11.9 Å². The van der Waals surface area contributed by atoms with E-state index in [2.05, 4.69) is 10.3 Å². The molecule has 0 radical (unpaired) electrons. The van der Waals surface area contributed by atoms with Gasteiger partial charge in [0.1, 0.15) is 12.1 Å². The Morgan fingerprint density at radius 3 is 2.96 bits per heavy atom. The largest absolute Gasteiger partial charge is 0.382 e. The van der Waals surface area contributed by atoms with Gasteiger partial charge >= 0.3 is 0 Å². The zero-order valence-corrected chi connectivity index (χ0v) is 14.0. The fourth-order valence-electron chi connectivity index (χ4n) is 2.61. The molecule has 25 heavy (non-hydrogen) atoms. The molecule has 0 fully saturated rings. The Morgan fingerprint density at radius 1 is 1.28 bits per heavy atom. The molecule has 0 spiro atoms. The number of hydrogen-bond donors (Lipinski definition) is 1. The quantitative estimate of drug-likeness (QED) is 0.671. The van der Waals surface area contributed by atoms with Crippen molar-refractivity contribution in [3.8, 4) is 5.69 Å². The second-order valence-electron chi connectivity index (χ2n) is 5.60. The minimum Gasteiger partial charge on any atom is -0.382 e. The van der Waals surface area contributed by atoms with Crippen molar-refractivity contribution >= 4 is 16.9 Å². The lowest BCUT2D eigenvalue weighted by Crippen LogP contribution is -2.25. The summed E-state index contributed by atoms with van der Waals surface area (Å²) in [5.74, 6) is -0.443. The summed E-state index contributed by atoms with van der Waals surface area (Å²) in [6, 6.07) is 11.6. The monoisotopic (exact) mass is 341 g/mol. The number of imidazole rings is 1. The molecule has 1 N–H and O–H groups in total. The molecule has 0 atom stereocenters. The molecule has 1 aromatic heterocycles. The number of carbonyl (C=O) groups is 1. The fraction of sp³-hybridized carbons (Fsp3) is 0.263. The van der Waals surface area contributed by atoms with Gasteiger partial charge in [0.15, 0.2) is 0 Å². The molecule has 0 saturated carbocycles. The van der Waals surface area contributed by atoms with Crippen molar-refractivity contribution in [2.75, 3.05) is 19.8 Å². The van der Waals surface area contributed by atoms with Crippen molar-refractivity contribution in [3.05, 3.63) is 60.2 Å². The van der Waals surface area contributed by atoms with Crippen molar-refractivity contribution in [1.29, 1.82) is 0 Å². The minimum absolute atomic E-state index is 0.140. The molecule has 6 heteroatoms. The Hall–Kier alpha value is -2.73. The van der Waals surface area contributed by atoms with Gasteiger partial charge < -0.3 is 10.1 Å². The summed E-state index contributed by atoms with van der Waals surface area (Å²) in [4.78, 5) is 16.5. The van der Waals surface area contributed by atoms with Crippen LogP contribution in [-0.2, 0) is 4.74 Å². The molecule has 0 aliphatic heterocycles. The van der Waals surface area contributed by atoms with Gasteiger partial charge in [0.05, 0.1) is 16.7 Å². The van der Waals surface area contributed by atoms with E-state index < -0.39 is 0 Å². The Kier molecular flexibility index (Phi) is 5.40. The summed E-state index contributed by atoms with van der Waals surface area (Å²) in [5.41, 5.74) is 2.74. The summed E-state index contributed by atoms with van der Waals surface area (Å²) in [5, 5.41) is 2.87. The minimum atomic E-state index is -0.303. The maximum Gasteiger partial charge on any atom is 0.251 e. The maximum absolute atomic E-state index is 13.4. The van der Waals surface area contributed by atoms with E-state index in [1.807, 2.05) is 19.1 Å². The molecule has 1 heterocycles. The van der Waals surface area contributed by atoms with Crippen molar-refractivity contribution in [2.45, 2.75) is 13.3 Å². The second-order valence-corrected chi connectivity index (χ2v) is 5.60. The molecular weight excluding hydrogens is 321 g/mol. The summed E-state index contributed by atoms with van der Waals surface area (Å²) >= 11 is 0. The molecule has 3 aromatic rings.